The van der Waals surface area contributed by atoms with Crippen molar-refractivity contribution in [2.24, 2.45) is 11.5 Å². The number of hydrogen-bond acceptors (Lipinski definition) is 4. The Bertz CT molecular complexity index is 457. The van der Waals surface area contributed by atoms with Crippen LogP contribution < -0.4 is 16.8 Å². The van der Waals surface area contributed by atoms with E-state index >= 15 is 0 Å². The molecule has 0 amide bonds. The van der Waals surface area contributed by atoms with Crippen molar-refractivity contribution in [1.29, 1.82) is 0 Å². The lowest BCUT2D eigenvalue weighted by atomic mass is 10.3. The van der Waals surface area contributed by atoms with Gasteiger partial charge in [-0.1, -0.05) is 18.2 Å². The minimum absolute atomic E-state index is 0.500. The number of benzene rings is 1. The molecule has 0 aliphatic rings. The average Bonchev–Trinajstić information content (AvgIpc) is 2.89. The van der Waals surface area contributed by atoms with E-state index in [0.717, 1.165) is 7.11 Å². The topological polar surface area (TPSA) is 141 Å². The third-order valence-corrected chi connectivity index (χ3v) is 1.46. The highest BCUT2D eigenvalue weighted by Gasteiger charge is 1.86. The standard InChI is InChI=1S/C8H7N.C2H7N.2CH3NOS.CH4O/c1-2-4-8-7(3-1)5-6-9-8;1-3-2;2*2-1(3)4;1-2/h1-6,9H;3H,1-2H3;2*(H3,2,3,4);2H,1H3. The summed E-state index contributed by atoms with van der Waals surface area (Å²) in [6.07, 6.45) is 1.95. The summed E-state index contributed by atoms with van der Waals surface area (Å²) < 4.78 is 0. The summed E-state index contributed by atoms with van der Waals surface area (Å²) in [7, 11) is 4.75. The second-order valence-corrected chi connectivity index (χ2v) is 4.08. The molecule has 0 aliphatic carbocycles. The van der Waals surface area contributed by atoms with E-state index in [2.05, 4.69) is 64.4 Å². The summed E-state index contributed by atoms with van der Waals surface area (Å²) in [5.41, 5.74) is 10.0. The Morgan fingerprint density at radius 3 is 1.73 bits per heavy atom. The van der Waals surface area contributed by atoms with Crippen molar-refractivity contribution in [3.05, 3.63) is 36.5 Å². The number of aliphatic hydroxyl groups is 3. The Kier molecular flexibility index (Phi) is 21.7. The van der Waals surface area contributed by atoms with Gasteiger partial charge in [-0.25, -0.2) is 0 Å². The molecule has 0 saturated heterocycles. The number of fused-ring (bicyclic) bond motifs is 1. The van der Waals surface area contributed by atoms with E-state index in [-0.39, 0.29) is 0 Å². The van der Waals surface area contributed by atoms with E-state index in [9.17, 15) is 0 Å². The van der Waals surface area contributed by atoms with Gasteiger partial charge in [0.2, 0.25) is 0 Å². The molecule has 0 saturated carbocycles. The molecule has 2 rings (SSSR count). The lowest BCUT2D eigenvalue weighted by Crippen LogP contribution is -2.03. The van der Waals surface area contributed by atoms with Crippen LogP contribution in [0.4, 0.5) is 0 Å². The van der Waals surface area contributed by atoms with Crippen LogP contribution in [0.15, 0.2) is 36.5 Å². The predicted molar refractivity (Wildman–Crippen MR) is 100 cm³/mol. The molecule has 9 N–H and O–H groups in total. The Hall–Kier alpha value is -1.94. The van der Waals surface area contributed by atoms with Crippen LogP contribution in [-0.2, 0) is 0 Å². The van der Waals surface area contributed by atoms with Crippen LogP contribution in [0.3, 0.4) is 0 Å². The molecule has 0 fully saturated rings. The fraction of sp³-hybridized carbons (Fsp3) is 0.231. The minimum atomic E-state index is -0.500. The molecular formula is C13H24N4O3S2. The Morgan fingerprint density at radius 1 is 1.00 bits per heavy atom. The van der Waals surface area contributed by atoms with E-state index in [1.165, 1.54) is 10.9 Å². The molecule has 1 heterocycles. The van der Waals surface area contributed by atoms with Crippen LogP contribution in [0.2, 0.25) is 0 Å². The van der Waals surface area contributed by atoms with Gasteiger partial charge in [-0.05, 0) is 56.1 Å². The number of aromatic amines is 1. The highest BCUT2D eigenvalue weighted by molar-refractivity contribution is 7.80. The Labute approximate surface area is 141 Å². The molecule has 0 bridgehead atoms. The van der Waals surface area contributed by atoms with Crippen molar-refractivity contribution in [2.45, 2.75) is 0 Å². The first-order valence-corrected chi connectivity index (χ1v) is 6.68. The normalized spacial score (nSPS) is 7.45. The summed E-state index contributed by atoms with van der Waals surface area (Å²) in [6.45, 7) is 0. The summed E-state index contributed by atoms with van der Waals surface area (Å²) in [5.74, 6) is 0. The number of aromatic nitrogens is 1. The smallest absolute Gasteiger partial charge is 0.251 e. The maximum absolute atomic E-state index is 7.56. The average molecular weight is 348 g/mol. The van der Waals surface area contributed by atoms with Gasteiger partial charge in [-0.15, -0.1) is 0 Å². The van der Waals surface area contributed by atoms with Crippen LogP contribution >= 0.6 is 24.4 Å². The highest BCUT2D eigenvalue weighted by Crippen LogP contribution is 2.09. The quantitative estimate of drug-likeness (QED) is 0.352. The van der Waals surface area contributed by atoms with E-state index in [1.54, 1.807) is 0 Å². The third kappa shape index (κ3) is 23.2. The van der Waals surface area contributed by atoms with Gasteiger partial charge >= 0.3 is 0 Å². The zero-order valence-corrected chi connectivity index (χ0v) is 14.4. The predicted octanol–water partition coefficient (Wildman–Crippen LogP) is 1.19. The fourth-order valence-corrected chi connectivity index (χ4v) is 0.995. The third-order valence-electron chi connectivity index (χ3n) is 1.46. The second-order valence-electron chi connectivity index (χ2n) is 3.24. The molecule has 0 atom stereocenters. The molecule has 22 heavy (non-hydrogen) atoms. The van der Waals surface area contributed by atoms with Gasteiger partial charge in [0.1, 0.15) is 0 Å². The molecule has 0 unspecified atom stereocenters. The molecule has 0 radical (unpaired) electrons. The van der Waals surface area contributed by atoms with Crippen molar-refractivity contribution in [3.8, 4) is 0 Å². The zero-order chi connectivity index (χ0) is 18.0. The van der Waals surface area contributed by atoms with E-state index in [4.69, 9.17) is 15.3 Å². The Morgan fingerprint density at radius 2 is 1.36 bits per heavy atom. The first-order chi connectivity index (χ1) is 10.3. The first kappa shape index (κ1) is 25.0. The number of H-pyrrole nitrogens is 1. The van der Waals surface area contributed by atoms with Crippen molar-refractivity contribution in [2.75, 3.05) is 21.2 Å². The van der Waals surface area contributed by atoms with Crippen LogP contribution in [0.5, 0.6) is 0 Å². The molecule has 0 aliphatic heterocycles. The molecule has 126 valence electrons. The maximum atomic E-state index is 7.56. The van der Waals surface area contributed by atoms with E-state index in [0.29, 0.717) is 0 Å². The molecule has 7 nitrogen and oxygen atoms in total. The number of aliphatic hydroxyl groups excluding tert-OH is 3. The lowest BCUT2D eigenvalue weighted by molar-refractivity contribution is 0.399. The van der Waals surface area contributed by atoms with Gasteiger partial charge in [0.25, 0.3) is 10.3 Å². The second kappa shape index (κ2) is 19.1. The summed E-state index contributed by atoms with van der Waals surface area (Å²) in [4.78, 5) is 3.12. The molecule has 1 aromatic heterocycles. The van der Waals surface area contributed by atoms with Crippen LogP contribution in [0, 0.1) is 0 Å². The maximum Gasteiger partial charge on any atom is 0.251 e. The van der Waals surface area contributed by atoms with Gasteiger partial charge in [-0.3, -0.25) is 0 Å². The van der Waals surface area contributed by atoms with Crippen LogP contribution in [0.1, 0.15) is 0 Å². The lowest BCUT2D eigenvalue weighted by Gasteiger charge is -1.83. The number of rotatable bonds is 0. The van der Waals surface area contributed by atoms with Crippen LogP contribution in [-0.4, -0.2) is 51.9 Å². The molecule has 1 aromatic carbocycles. The number of hydrogen-bond donors (Lipinski definition) is 7. The summed E-state index contributed by atoms with van der Waals surface area (Å²) in [6, 6.07) is 10.3. The minimum Gasteiger partial charge on any atom is -0.487 e. The van der Waals surface area contributed by atoms with Crippen LogP contribution in [0.25, 0.3) is 10.9 Å². The van der Waals surface area contributed by atoms with Gasteiger partial charge in [0, 0.05) is 18.8 Å². The molecule has 9 heteroatoms. The monoisotopic (exact) mass is 348 g/mol. The largest absolute Gasteiger partial charge is 0.487 e. The summed E-state index contributed by atoms with van der Waals surface area (Å²) >= 11 is 7.74. The van der Waals surface area contributed by atoms with Crippen molar-refractivity contribution >= 4 is 45.7 Å². The van der Waals surface area contributed by atoms with Crippen molar-refractivity contribution in [3.63, 3.8) is 0 Å². The van der Waals surface area contributed by atoms with E-state index < -0.39 is 10.3 Å². The number of nitrogens with two attached hydrogens (primary N) is 2. The van der Waals surface area contributed by atoms with Gasteiger partial charge in [-0.2, -0.15) is 0 Å². The number of nitrogens with one attached hydrogen (secondary N) is 2. The van der Waals surface area contributed by atoms with Gasteiger partial charge < -0.3 is 37.1 Å². The summed E-state index contributed by atoms with van der Waals surface area (Å²) in [5, 5.41) is 25.2. The zero-order valence-electron chi connectivity index (χ0n) is 12.8. The number of para-hydroxylation sites is 1. The van der Waals surface area contributed by atoms with Crippen molar-refractivity contribution < 1.29 is 15.3 Å². The van der Waals surface area contributed by atoms with Gasteiger partial charge in [0.05, 0.1) is 0 Å². The highest BCUT2D eigenvalue weighted by atomic mass is 32.1. The molecule has 2 aromatic rings. The molecule has 0 spiro atoms. The van der Waals surface area contributed by atoms with Crippen molar-refractivity contribution in [1.82, 2.24) is 10.3 Å². The SMILES string of the molecule is CNC.CO.NC(O)=S.NC(O)=S.c1ccc2[nH]ccc2c1. The van der Waals surface area contributed by atoms with Gasteiger partial charge in [0.15, 0.2) is 0 Å². The fourth-order valence-electron chi connectivity index (χ4n) is 0.995. The first-order valence-electron chi connectivity index (χ1n) is 5.87. The number of thiocarbonyl (C=S) groups is 2. The van der Waals surface area contributed by atoms with E-state index in [1.807, 2.05) is 32.4 Å². The Balaban J connectivity index is -0.000000239. The molecular weight excluding hydrogens is 324 g/mol.